The zero-order chi connectivity index (χ0) is 17.1. The van der Waals surface area contributed by atoms with E-state index in [1.54, 1.807) is 0 Å². The van der Waals surface area contributed by atoms with Crippen molar-refractivity contribution in [2.45, 2.75) is 25.9 Å². The first-order valence-corrected chi connectivity index (χ1v) is 8.74. The molecule has 1 aromatic carbocycles. The molecule has 0 spiro atoms. The Bertz CT molecular complexity index is 874. The van der Waals surface area contributed by atoms with Gasteiger partial charge in [0.05, 0.1) is 0 Å². The van der Waals surface area contributed by atoms with Crippen molar-refractivity contribution in [2.75, 3.05) is 18.4 Å². The minimum absolute atomic E-state index is 0.301. The normalized spacial score (nSPS) is 15.2. The summed E-state index contributed by atoms with van der Waals surface area (Å²) in [7, 11) is 0. The third-order valence-corrected chi connectivity index (χ3v) is 4.43. The lowest BCUT2D eigenvalue weighted by Gasteiger charge is -2.24. The monoisotopic (exact) mass is 334 g/mol. The van der Waals surface area contributed by atoms with Crippen molar-refractivity contribution in [1.29, 1.82) is 0 Å². The van der Waals surface area contributed by atoms with Crippen LogP contribution < -0.4 is 15.4 Å². The van der Waals surface area contributed by atoms with Gasteiger partial charge in [0, 0.05) is 17.3 Å². The van der Waals surface area contributed by atoms with E-state index in [-0.39, 0.29) is 0 Å². The first-order chi connectivity index (χ1) is 12.3. The van der Waals surface area contributed by atoms with Crippen LogP contribution in [0.15, 0.2) is 48.7 Å². The van der Waals surface area contributed by atoms with Gasteiger partial charge in [-0.25, -0.2) is 9.97 Å². The van der Waals surface area contributed by atoms with Crippen molar-refractivity contribution in [3.8, 4) is 5.75 Å². The van der Waals surface area contributed by atoms with Crippen LogP contribution in [0, 0.1) is 6.92 Å². The Hall–Kier alpha value is -2.66. The minimum atomic E-state index is 0.301. The molecule has 4 rings (SSSR count). The summed E-state index contributed by atoms with van der Waals surface area (Å²) >= 11 is 0. The molecule has 1 saturated heterocycles. The summed E-state index contributed by atoms with van der Waals surface area (Å²) in [4.78, 5) is 8.94. The molecule has 2 aromatic heterocycles. The smallest absolute Gasteiger partial charge is 0.132 e. The second kappa shape index (κ2) is 7.07. The van der Waals surface area contributed by atoms with Crippen LogP contribution >= 0.6 is 0 Å². The summed E-state index contributed by atoms with van der Waals surface area (Å²) in [5, 5.41) is 8.83. The van der Waals surface area contributed by atoms with Gasteiger partial charge in [-0.2, -0.15) is 0 Å². The number of hydrogen-bond donors (Lipinski definition) is 2. The Morgan fingerprint density at radius 1 is 1.04 bits per heavy atom. The third-order valence-electron chi connectivity index (χ3n) is 4.43. The van der Waals surface area contributed by atoms with Gasteiger partial charge in [0.2, 0.25) is 0 Å². The van der Waals surface area contributed by atoms with E-state index in [0.717, 1.165) is 59.8 Å². The molecular weight excluding hydrogens is 312 g/mol. The van der Waals surface area contributed by atoms with Crippen molar-refractivity contribution in [3.63, 3.8) is 0 Å². The predicted octanol–water partition coefficient (Wildman–Crippen LogP) is 3.81. The molecule has 2 N–H and O–H groups in total. The number of anilines is 2. The molecule has 0 atom stereocenters. The maximum absolute atomic E-state index is 6.14. The second-order valence-corrected chi connectivity index (χ2v) is 6.43. The Balaban J connectivity index is 1.55. The lowest BCUT2D eigenvalue weighted by molar-refractivity contribution is 0.162. The molecule has 0 radical (unpaired) electrons. The minimum Gasteiger partial charge on any atom is -0.490 e. The molecule has 0 unspecified atom stereocenters. The van der Waals surface area contributed by atoms with Crippen LogP contribution in [-0.4, -0.2) is 29.2 Å². The number of piperidine rings is 1. The molecule has 3 heterocycles. The number of pyridine rings is 2. The average molecular weight is 334 g/mol. The van der Waals surface area contributed by atoms with Gasteiger partial charge in [-0.1, -0.05) is 6.07 Å². The number of fused-ring (bicyclic) bond motifs is 1. The molecule has 128 valence electrons. The number of ether oxygens (including phenoxy) is 1. The van der Waals surface area contributed by atoms with Crippen LogP contribution in [0.25, 0.3) is 10.8 Å². The average Bonchev–Trinajstić information content (AvgIpc) is 2.62. The number of nitrogens with one attached hydrogen (secondary N) is 2. The molecule has 1 aliphatic rings. The van der Waals surface area contributed by atoms with Crippen LogP contribution in [-0.2, 0) is 0 Å². The van der Waals surface area contributed by atoms with E-state index in [4.69, 9.17) is 4.74 Å². The predicted molar refractivity (Wildman–Crippen MR) is 101 cm³/mol. The van der Waals surface area contributed by atoms with E-state index in [2.05, 4.69) is 32.7 Å². The summed E-state index contributed by atoms with van der Waals surface area (Å²) in [6.45, 7) is 4.03. The molecule has 0 saturated carbocycles. The van der Waals surface area contributed by atoms with Gasteiger partial charge >= 0.3 is 0 Å². The van der Waals surface area contributed by atoms with Gasteiger partial charge in [0.15, 0.2) is 0 Å². The summed E-state index contributed by atoms with van der Waals surface area (Å²) in [6.07, 6.45) is 4.29. The lowest BCUT2D eigenvalue weighted by atomic mass is 10.1. The fraction of sp³-hybridized carbons (Fsp3) is 0.300. The summed E-state index contributed by atoms with van der Waals surface area (Å²) in [6, 6.07) is 14.1. The number of rotatable bonds is 4. The van der Waals surface area contributed by atoms with Crippen molar-refractivity contribution in [1.82, 2.24) is 15.3 Å². The topological polar surface area (TPSA) is 59.1 Å². The summed E-state index contributed by atoms with van der Waals surface area (Å²) < 4.78 is 6.14. The zero-order valence-electron chi connectivity index (χ0n) is 14.3. The first-order valence-electron chi connectivity index (χ1n) is 8.74. The Kier molecular flexibility index (Phi) is 4.48. The van der Waals surface area contributed by atoms with Crippen LogP contribution in [0.5, 0.6) is 5.75 Å². The highest BCUT2D eigenvalue weighted by molar-refractivity contribution is 5.85. The van der Waals surface area contributed by atoms with Crippen molar-refractivity contribution in [3.05, 3.63) is 54.4 Å². The molecule has 0 aliphatic carbocycles. The van der Waals surface area contributed by atoms with Gasteiger partial charge in [-0.05, 0) is 74.6 Å². The highest BCUT2D eigenvalue weighted by Crippen LogP contribution is 2.25. The standard InChI is InChI=1S/C20H22N4O/c1-14-3-2-4-19(23-14)24-20-12-16-11-18(6-5-15(16)13-22-20)25-17-7-9-21-10-8-17/h2-6,11-13,17,21H,7-10H2,1H3,(H,22,23,24). The summed E-state index contributed by atoms with van der Waals surface area (Å²) in [5.74, 6) is 2.50. The van der Waals surface area contributed by atoms with Crippen molar-refractivity contribution >= 4 is 22.4 Å². The number of aryl methyl sites for hydroxylation is 1. The Labute approximate surface area is 147 Å². The van der Waals surface area contributed by atoms with Gasteiger partial charge in [0.1, 0.15) is 23.5 Å². The third kappa shape index (κ3) is 3.88. The molecule has 5 heteroatoms. The molecule has 0 bridgehead atoms. The quantitative estimate of drug-likeness (QED) is 0.760. The Morgan fingerprint density at radius 2 is 1.92 bits per heavy atom. The molecule has 1 fully saturated rings. The van der Waals surface area contributed by atoms with Crippen LogP contribution in [0.4, 0.5) is 11.6 Å². The van der Waals surface area contributed by atoms with E-state index < -0.39 is 0 Å². The van der Waals surface area contributed by atoms with Crippen molar-refractivity contribution < 1.29 is 4.74 Å². The van der Waals surface area contributed by atoms with Crippen LogP contribution in [0.2, 0.25) is 0 Å². The molecule has 3 aromatic rings. The van der Waals surface area contributed by atoms with Gasteiger partial charge < -0.3 is 15.4 Å². The van der Waals surface area contributed by atoms with E-state index in [9.17, 15) is 0 Å². The molecule has 25 heavy (non-hydrogen) atoms. The van der Waals surface area contributed by atoms with E-state index in [0.29, 0.717) is 6.10 Å². The van der Waals surface area contributed by atoms with E-state index in [1.165, 1.54) is 0 Å². The molecule has 5 nitrogen and oxygen atoms in total. The largest absolute Gasteiger partial charge is 0.490 e. The SMILES string of the molecule is Cc1cccc(Nc2cc3cc(OC4CCNCC4)ccc3cn2)n1. The highest BCUT2D eigenvalue weighted by Gasteiger charge is 2.14. The molecular formula is C20H22N4O. The van der Waals surface area contributed by atoms with E-state index >= 15 is 0 Å². The number of nitrogens with zero attached hydrogens (tertiary/aromatic N) is 2. The summed E-state index contributed by atoms with van der Waals surface area (Å²) in [5.41, 5.74) is 0.975. The van der Waals surface area contributed by atoms with Gasteiger partial charge in [-0.3, -0.25) is 0 Å². The fourth-order valence-corrected chi connectivity index (χ4v) is 3.11. The second-order valence-electron chi connectivity index (χ2n) is 6.43. The van der Waals surface area contributed by atoms with Gasteiger partial charge in [0.25, 0.3) is 0 Å². The maximum atomic E-state index is 6.14. The van der Waals surface area contributed by atoms with Crippen LogP contribution in [0.3, 0.4) is 0 Å². The lowest BCUT2D eigenvalue weighted by Crippen LogP contribution is -2.34. The number of aromatic nitrogens is 2. The van der Waals surface area contributed by atoms with Gasteiger partial charge in [-0.15, -0.1) is 0 Å². The highest BCUT2D eigenvalue weighted by atomic mass is 16.5. The van der Waals surface area contributed by atoms with Crippen LogP contribution in [0.1, 0.15) is 18.5 Å². The van der Waals surface area contributed by atoms with E-state index in [1.807, 2.05) is 43.5 Å². The number of hydrogen-bond acceptors (Lipinski definition) is 5. The molecule has 1 aliphatic heterocycles. The fourth-order valence-electron chi connectivity index (χ4n) is 3.11. The maximum Gasteiger partial charge on any atom is 0.132 e. The number of benzene rings is 1. The zero-order valence-corrected chi connectivity index (χ0v) is 14.3. The first kappa shape index (κ1) is 15.8. The molecule has 0 amide bonds. The van der Waals surface area contributed by atoms with Crippen molar-refractivity contribution in [2.24, 2.45) is 0 Å². The Morgan fingerprint density at radius 3 is 2.76 bits per heavy atom.